The Balaban J connectivity index is 1.63. The molecule has 3 aliphatic rings. The highest BCUT2D eigenvalue weighted by atomic mass is 16.8. The van der Waals surface area contributed by atoms with Crippen molar-refractivity contribution in [1.29, 1.82) is 0 Å². The quantitative estimate of drug-likeness (QED) is 0.0272. The molecule has 14 N–H and O–H groups in total. The van der Waals surface area contributed by atoms with Crippen LogP contribution in [0, 0.1) is 0 Å². The second-order valence-electron chi connectivity index (χ2n) is 24.7. The van der Waals surface area contributed by atoms with Gasteiger partial charge in [0.05, 0.1) is 50.7 Å². The van der Waals surface area contributed by atoms with Crippen molar-refractivity contribution >= 4 is 17.8 Å². The van der Waals surface area contributed by atoms with Gasteiger partial charge in [-0.3, -0.25) is 9.59 Å². The average molecular weight is 1260 g/mol. The van der Waals surface area contributed by atoms with Gasteiger partial charge in [-0.1, -0.05) is 192 Å². The maximum absolute atomic E-state index is 13.4. The number of carbonyl (C=O) groups is 3. The lowest BCUT2D eigenvalue weighted by Crippen LogP contribution is -2.70. The molecule has 0 saturated carbocycles. The Hall–Kier alpha value is -2.79. The lowest BCUT2D eigenvalue weighted by Gasteiger charge is -2.50. The Morgan fingerprint density at radius 3 is 1.55 bits per heavy atom. The van der Waals surface area contributed by atoms with E-state index in [1.165, 1.54) is 128 Å². The predicted molar refractivity (Wildman–Crippen MR) is 329 cm³/mol. The minimum absolute atomic E-state index is 0.191. The van der Waals surface area contributed by atoms with Crippen LogP contribution in [0.5, 0.6) is 0 Å². The number of unbranched alkanes of at least 4 members (excludes halogenated alkanes) is 28. The van der Waals surface area contributed by atoms with Crippen LogP contribution >= 0.6 is 0 Å². The van der Waals surface area contributed by atoms with Crippen LogP contribution in [-0.4, -0.2) is 215 Å². The van der Waals surface area contributed by atoms with E-state index in [2.05, 4.69) is 36.6 Å². The third-order valence-electron chi connectivity index (χ3n) is 17.1. The summed E-state index contributed by atoms with van der Waals surface area (Å²) < 4.78 is 34.7. The molecule has 3 heterocycles. The highest BCUT2D eigenvalue weighted by Crippen LogP contribution is 2.39. The van der Waals surface area contributed by atoms with Crippen molar-refractivity contribution in [3.8, 4) is 0 Å². The molecule has 23 heteroatoms. The molecule has 2 amide bonds. The van der Waals surface area contributed by atoms with Gasteiger partial charge in [0.15, 0.2) is 12.6 Å². The highest BCUT2D eigenvalue weighted by Gasteiger charge is 2.60. The first-order chi connectivity index (χ1) is 42.4. The maximum atomic E-state index is 13.4. The Bertz CT molecular complexity index is 1890. The van der Waals surface area contributed by atoms with Crippen molar-refractivity contribution in [2.45, 2.75) is 342 Å². The van der Waals surface area contributed by atoms with Crippen LogP contribution in [0.3, 0.4) is 0 Å². The molecule has 514 valence electrons. The average Bonchev–Trinajstić information content (AvgIpc) is 1.23. The number of nitrogens with one attached hydrogen (secondary N) is 2. The lowest BCUT2D eigenvalue weighted by atomic mass is 9.88. The number of ether oxygens (including phenoxy) is 6. The van der Waals surface area contributed by atoms with E-state index in [0.29, 0.717) is 12.8 Å². The van der Waals surface area contributed by atoms with Gasteiger partial charge in [-0.05, 0) is 44.9 Å². The summed E-state index contributed by atoms with van der Waals surface area (Å²) in [5, 5.41) is 136. The predicted octanol–water partition coefficient (Wildman–Crippen LogP) is 5.28. The first-order valence-corrected chi connectivity index (χ1v) is 33.7. The topological polar surface area (TPSA) is 373 Å². The standard InChI is InChI=1S/C65H118N2O21/c1-4-6-8-10-12-14-16-18-20-22-23-25-27-29-31-33-35-37-39-52(75)67-46(47(72)38-36-34-32-30-28-26-24-21-19-17-15-13-11-9-7-5-2)44-83-62-57(79)56(78)59(51(43-70)85-62)86-63-58(80)61(55(77)50(42-69)84-63)88-65(64(81)82)40-48(73)53(66-45(3)71)60(87-65)54(76)49(74)41-68/h23,25,36,38,46-51,53-63,68-70,72-74,76-80H,4-22,24,26-35,37,39-44H2,1-3H3,(H,66,71)(H,67,75)(H,81,82)/b25-23-,38-36+. The van der Waals surface area contributed by atoms with Crippen LogP contribution in [0.4, 0.5) is 0 Å². The number of aliphatic carboxylic acids is 1. The highest BCUT2D eigenvalue weighted by molar-refractivity contribution is 5.77. The molecule has 3 rings (SSSR count). The molecule has 3 aliphatic heterocycles. The van der Waals surface area contributed by atoms with E-state index in [4.69, 9.17) is 28.4 Å². The van der Waals surface area contributed by atoms with Crippen molar-refractivity contribution < 1.29 is 104 Å². The van der Waals surface area contributed by atoms with Crippen LogP contribution < -0.4 is 10.6 Å². The fourth-order valence-electron chi connectivity index (χ4n) is 11.7. The second kappa shape index (κ2) is 46.3. The van der Waals surface area contributed by atoms with Crippen molar-refractivity contribution in [2.75, 3.05) is 26.4 Å². The number of hydrogen-bond acceptors (Lipinski definition) is 20. The third kappa shape index (κ3) is 29.0. The molecule has 0 bridgehead atoms. The normalized spacial score (nSPS) is 29.1. The zero-order chi connectivity index (χ0) is 64.7. The van der Waals surface area contributed by atoms with Crippen LogP contribution in [0.15, 0.2) is 24.3 Å². The van der Waals surface area contributed by atoms with E-state index >= 15 is 0 Å². The molecule has 88 heavy (non-hydrogen) atoms. The van der Waals surface area contributed by atoms with Gasteiger partial charge < -0.3 is 100 Å². The number of hydrogen-bond donors (Lipinski definition) is 14. The number of carboxylic acid groups (broad SMARTS) is 1. The Kier molecular flexibility index (Phi) is 41.8. The SMILES string of the molecule is CCCCCCCCCCC/C=C\CCCCCCCC(=O)NC(COC1OC(CO)C(OC2OC(CO)C(O)C(OC3(C(=O)O)CC(O)C(NC(C)=O)C(C(O)C(O)CO)O3)C2O)C(O)C1O)C(O)/C=C/CCCCCCCCCCCCCCCC. The first-order valence-electron chi connectivity index (χ1n) is 33.7. The molecule has 3 saturated heterocycles. The number of carboxylic acids is 1. The van der Waals surface area contributed by atoms with Gasteiger partial charge in [0.2, 0.25) is 11.8 Å². The van der Waals surface area contributed by atoms with Crippen LogP contribution in [0.1, 0.15) is 233 Å². The molecular formula is C65H118N2O21. The van der Waals surface area contributed by atoms with Gasteiger partial charge >= 0.3 is 5.97 Å². The fourth-order valence-corrected chi connectivity index (χ4v) is 11.7. The Morgan fingerprint density at radius 2 is 1.07 bits per heavy atom. The smallest absolute Gasteiger partial charge is 0.364 e. The number of allylic oxidation sites excluding steroid dienone is 3. The molecule has 3 fully saturated rings. The molecule has 0 aromatic rings. The zero-order valence-corrected chi connectivity index (χ0v) is 53.3. The summed E-state index contributed by atoms with van der Waals surface area (Å²) in [5.74, 6) is -6.15. The van der Waals surface area contributed by atoms with E-state index < -0.39 is 155 Å². The third-order valence-corrected chi connectivity index (χ3v) is 17.1. The van der Waals surface area contributed by atoms with E-state index in [1.807, 2.05) is 6.08 Å². The summed E-state index contributed by atoms with van der Waals surface area (Å²) in [5.41, 5.74) is 0. The van der Waals surface area contributed by atoms with Crippen molar-refractivity contribution in [2.24, 2.45) is 0 Å². The summed E-state index contributed by atoms with van der Waals surface area (Å²) >= 11 is 0. The first kappa shape index (κ1) is 79.4. The molecule has 18 atom stereocenters. The number of aliphatic hydroxyl groups is 11. The van der Waals surface area contributed by atoms with E-state index in [1.54, 1.807) is 6.08 Å². The van der Waals surface area contributed by atoms with Crippen LogP contribution in [-0.2, 0) is 42.8 Å². The van der Waals surface area contributed by atoms with Crippen molar-refractivity contribution in [1.82, 2.24) is 10.6 Å². The minimum atomic E-state index is -3.08. The van der Waals surface area contributed by atoms with Crippen LogP contribution in [0.25, 0.3) is 0 Å². The number of amides is 2. The fraction of sp³-hybridized carbons (Fsp3) is 0.892. The number of rotatable bonds is 50. The zero-order valence-electron chi connectivity index (χ0n) is 53.3. The summed E-state index contributed by atoms with van der Waals surface area (Å²) in [4.78, 5) is 38.5. The molecule has 0 aliphatic carbocycles. The van der Waals surface area contributed by atoms with E-state index in [0.717, 1.165) is 64.7 Å². The Labute approximate surface area is 523 Å². The molecule has 0 aromatic heterocycles. The number of carbonyl (C=O) groups excluding carboxylic acids is 2. The molecule has 0 spiro atoms. The monoisotopic (exact) mass is 1260 g/mol. The minimum Gasteiger partial charge on any atom is -0.477 e. The largest absolute Gasteiger partial charge is 0.477 e. The number of aliphatic hydroxyl groups excluding tert-OH is 11. The van der Waals surface area contributed by atoms with Gasteiger partial charge in [0.25, 0.3) is 5.79 Å². The van der Waals surface area contributed by atoms with Gasteiger partial charge in [-0.2, -0.15) is 0 Å². The lowest BCUT2D eigenvalue weighted by molar-refractivity contribution is -0.386. The summed E-state index contributed by atoms with van der Waals surface area (Å²) in [6.45, 7) is 2.12. The maximum Gasteiger partial charge on any atom is 0.364 e. The van der Waals surface area contributed by atoms with Crippen molar-refractivity contribution in [3.63, 3.8) is 0 Å². The molecule has 18 unspecified atom stereocenters. The molecular weight excluding hydrogens is 1140 g/mol. The van der Waals surface area contributed by atoms with E-state index in [9.17, 15) is 75.7 Å². The molecule has 0 radical (unpaired) electrons. The molecule has 23 nitrogen and oxygen atoms in total. The van der Waals surface area contributed by atoms with Gasteiger partial charge in [-0.25, -0.2) is 4.79 Å². The van der Waals surface area contributed by atoms with Gasteiger partial charge in [-0.15, -0.1) is 0 Å². The second-order valence-corrected chi connectivity index (χ2v) is 24.7. The van der Waals surface area contributed by atoms with E-state index in [-0.39, 0.29) is 12.3 Å². The van der Waals surface area contributed by atoms with Gasteiger partial charge in [0, 0.05) is 19.8 Å². The van der Waals surface area contributed by atoms with Gasteiger partial charge in [0.1, 0.15) is 67.1 Å². The van der Waals surface area contributed by atoms with Crippen molar-refractivity contribution in [3.05, 3.63) is 24.3 Å². The summed E-state index contributed by atoms with van der Waals surface area (Å²) in [7, 11) is 0. The summed E-state index contributed by atoms with van der Waals surface area (Å²) in [6.07, 6.45) is 15.1. The summed E-state index contributed by atoms with van der Waals surface area (Å²) in [6, 6.07) is -2.62. The Morgan fingerprint density at radius 1 is 0.591 bits per heavy atom. The molecule has 0 aromatic carbocycles. The van der Waals surface area contributed by atoms with Crippen LogP contribution in [0.2, 0.25) is 0 Å².